The van der Waals surface area contributed by atoms with Crippen LogP contribution in [0.15, 0.2) is 36.4 Å². The van der Waals surface area contributed by atoms with Crippen molar-refractivity contribution in [2.75, 3.05) is 30.4 Å². The highest BCUT2D eigenvalue weighted by molar-refractivity contribution is 6.33. The van der Waals surface area contributed by atoms with Crippen molar-refractivity contribution in [2.24, 2.45) is 5.92 Å². The molecule has 0 spiro atoms. The van der Waals surface area contributed by atoms with E-state index in [2.05, 4.69) is 17.1 Å². The minimum absolute atomic E-state index is 0.112. The van der Waals surface area contributed by atoms with E-state index in [4.69, 9.17) is 16.3 Å². The van der Waals surface area contributed by atoms with Crippen LogP contribution in [0.3, 0.4) is 0 Å². The highest BCUT2D eigenvalue weighted by Crippen LogP contribution is 2.30. The maximum atomic E-state index is 13.0. The zero-order valence-corrected chi connectivity index (χ0v) is 17.4. The number of carbonyl (C=O) groups is 2. The summed E-state index contributed by atoms with van der Waals surface area (Å²) in [6.45, 7) is 3.72. The van der Waals surface area contributed by atoms with E-state index in [1.54, 1.807) is 12.1 Å². The average Bonchev–Trinajstić information content (AvgIpc) is 2.74. The quantitative estimate of drug-likeness (QED) is 0.424. The van der Waals surface area contributed by atoms with Crippen LogP contribution < -0.4 is 10.2 Å². The van der Waals surface area contributed by atoms with E-state index >= 15 is 0 Å². The van der Waals surface area contributed by atoms with Gasteiger partial charge in [-0.1, -0.05) is 18.5 Å². The molecule has 0 unspecified atom stereocenters. The molecular formula is C21H22ClN3O5. The van der Waals surface area contributed by atoms with Gasteiger partial charge in [-0.2, -0.15) is 0 Å². The van der Waals surface area contributed by atoms with E-state index in [1.165, 1.54) is 31.4 Å². The molecule has 9 heteroatoms. The van der Waals surface area contributed by atoms with Crippen molar-refractivity contribution in [3.05, 3.63) is 62.7 Å². The molecule has 1 saturated heterocycles. The number of carbonyl (C=O) groups excluding carboxylic acids is 2. The average molecular weight is 432 g/mol. The number of hydrogen-bond acceptors (Lipinski definition) is 6. The number of rotatable bonds is 5. The maximum absolute atomic E-state index is 13.0. The van der Waals surface area contributed by atoms with Gasteiger partial charge in [0.1, 0.15) is 0 Å². The Hall–Kier alpha value is -3.13. The molecule has 0 radical (unpaired) electrons. The highest BCUT2D eigenvalue weighted by Gasteiger charge is 2.24. The number of methoxy groups -OCH3 is 1. The zero-order chi connectivity index (χ0) is 21.8. The second-order valence-electron chi connectivity index (χ2n) is 7.27. The number of nitrogens with zero attached hydrogens (tertiary/aromatic N) is 2. The summed E-state index contributed by atoms with van der Waals surface area (Å²) in [5.41, 5.74) is 1.12. The van der Waals surface area contributed by atoms with Crippen LogP contribution in [0, 0.1) is 16.0 Å². The SMILES string of the molecule is COC(=O)c1cc(NC(=O)c2cc([N+](=O)[O-])ccc2N2CCC(C)CC2)ccc1Cl. The van der Waals surface area contributed by atoms with Crippen LogP contribution in [-0.2, 0) is 4.74 Å². The third-order valence-electron chi connectivity index (χ3n) is 5.19. The van der Waals surface area contributed by atoms with Gasteiger partial charge in [0.05, 0.1) is 33.9 Å². The van der Waals surface area contributed by atoms with Gasteiger partial charge in [0.15, 0.2) is 0 Å². The number of halogens is 1. The number of amides is 1. The molecule has 1 aliphatic heterocycles. The largest absolute Gasteiger partial charge is 0.465 e. The molecule has 1 heterocycles. The van der Waals surface area contributed by atoms with Crippen molar-refractivity contribution in [1.29, 1.82) is 0 Å². The van der Waals surface area contributed by atoms with Crippen LogP contribution in [0.2, 0.25) is 5.02 Å². The number of nitrogens with one attached hydrogen (secondary N) is 1. The van der Waals surface area contributed by atoms with Crippen LogP contribution in [0.1, 0.15) is 40.5 Å². The Labute approximate surface area is 178 Å². The Balaban J connectivity index is 1.93. The van der Waals surface area contributed by atoms with Gasteiger partial charge < -0.3 is 15.0 Å². The minimum atomic E-state index is -0.630. The van der Waals surface area contributed by atoms with Crippen LogP contribution in [0.5, 0.6) is 0 Å². The predicted molar refractivity (Wildman–Crippen MR) is 114 cm³/mol. The highest BCUT2D eigenvalue weighted by atomic mass is 35.5. The second kappa shape index (κ2) is 9.13. The van der Waals surface area contributed by atoms with Crippen molar-refractivity contribution in [3.63, 3.8) is 0 Å². The first-order valence-corrected chi connectivity index (χ1v) is 9.90. The molecule has 0 bridgehead atoms. The first-order valence-electron chi connectivity index (χ1n) is 9.52. The summed E-state index contributed by atoms with van der Waals surface area (Å²) in [6.07, 6.45) is 1.97. The van der Waals surface area contributed by atoms with Crippen LogP contribution >= 0.6 is 11.6 Å². The molecule has 0 saturated carbocycles. The van der Waals surface area contributed by atoms with Crippen molar-refractivity contribution in [2.45, 2.75) is 19.8 Å². The number of non-ortho nitro benzene ring substituents is 1. The lowest BCUT2D eigenvalue weighted by Gasteiger charge is -2.33. The Kier molecular flexibility index (Phi) is 6.56. The van der Waals surface area contributed by atoms with Crippen molar-refractivity contribution in [3.8, 4) is 0 Å². The van der Waals surface area contributed by atoms with Gasteiger partial charge in [0, 0.05) is 30.9 Å². The maximum Gasteiger partial charge on any atom is 0.339 e. The molecule has 3 rings (SSSR count). The Morgan fingerprint density at radius 1 is 1.17 bits per heavy atom. The molecule has 1 fully saturated rings. The third-order valence-corrected chi connectivity index (χ3v) is 5.52. The molecule has 158 valence electrons. The van der Waals surface area contributed by atoms with Gasteiger partial charge in [0.2, 0.25) is 0 Å². The van der Waals surface area contributed by atoms with E-state index in [0.29, 0.717) is 17.3 Å². The number of ether oxygens (including phenoxy) is 1. The molecule has 8 nitrogen and oxygen atoms in total. The lowest BCUT2D eigenvalue weighted by molar-refractivity contribution is -0.384. The molecule has 1 amide bonds. The molecule has 0 atom stereocenters. The first-order chi connectivity index (χ1) is 14.3. The smallest absolute Gasteiger partial charge is 0.339 e. The summed E-state index contributed by atoms with van der Waals surface area (Å²) in [5, 5.41) is 14.1. The van der Waals surface area contributed by atoms with Crippen LogP contribution in [0.4, 0.5) is 17.1 Å². The fraction of sp³-hybridized carbons (Fsp3) is 0.333. The Bertz CT molecular complexity index is 987. The van der Waals surface area contributed by atoms with E-state index in [9.17, 15) is 19.7 Å². The molecule has 0 aliphatic carbocycles. The number of benzene rings is 2. The lowest BCUT2D eigenvalue weighted by Crippen LogP contribution is -2.34. The van der Waals surface area contributed by atoms with Gasteiger partial charge in [-0.15, -0.1) is 0 Å². The normalized spacial score (nSPS) is 14.3. The zero-order valence-electron chi connectivity index (χ0n) is 16.7. The van der Waals surface area contributed by atoms with Crippen LogP contribution in [-0.4, -0.2) is 37.0 Å². The molecule has 30 heavy (non-hydrogen) atoms. The van der Waals surface area contributed by atoms with E-state index in [1.807, 2.05) is 0 Å². The lowest BCUT2D eigenvalue weighted by atomic mass is 9.98. The van der Waals surface area contributed by atoms with Gasteiger partial charge in [-0.3, -0.25) is 14.9 Å². The first kappa shape index (κ1) is 21.6. The van der Waals surface area contributed by atoms with Gasteiger partial charge >= 0.3 is 5.97 Å². The molecule has 2 aromatic carbocycles. The van der Waals surface area contributed by atoms with Crippen LogP contribution in [0.25, 0.3) is 0 Å². The Morgan fingerprint density at radius 3 is 2.50 bits per heavy atom. The van der Waals surface area contributed by atoms with Gasteiger partial charge in [-0.05, 0) is 43.0 Å². The van der Waals surface area contributed by atoms with E-state index < -0.39 is 16.8 Å². The number of piperidine rings is 1. The molecule has 0 aromatic heterocycles. The summed E-state index contributed by atoms with van der Waals surface area (Å²) < 4.78 is 4.69. The van der Waals surface area contributed by atoms with E-state index in [-0.39, 0.29) is 21.8 Å². The van der Waals surface area contributed by atoms with Gasteiger partial charge in [-0.25, -0.2) is 4.79 Å². The molecule has 1 aliphatic rings. The van der Waals surface area contributed by atoms with Gasteiger partial charge in [0.25, 0.3) is 11.6 Å². The summed E-state index contributed by atoms with van der Waals surface area (Å²) in [6, 6.07) is 8.73. The topological polar surface area (TPSA) is 102 Å². The predicted octanol–water partition coefficient (Wildman–Crippen LogP) is 4.52. The number of nitro groups is 1. The summed E-state index contributed by atoms with van der Waals surface area (Å²) in [5.74, 6) is -0.539. The molecule has 1 N–H and O–H groups in total. The number of hydrogen-bond donors (Lipinski definition) is 1. The monoisotopic (exact) mass is 431 g/mol. The van der Waals surface area contributed by atoms with Crippen molar-refractivity contribution in [1.82, 2.24) is 0 Å². The molecular weight excluding hydrogens is 410 g/mol. The molecule has 2 aromatic rings. The van der Waals surface area contributed by atoms with Crippen molar-refractivity contribution < 1.29 is 19.2 Å². The summed E-state index contributed by atoms with van der Waals surface area (Å²) >= 11 is 6.02. The Morgan fingerprint density at radius 2 is 1.87 bits per heavy atom. The third kappa shape index (κ3) is 4.71. The number of esters is 1. The number of anilines is 2. The standard InChI is InChI=1S/C21H22ClN3O5/c1-13-7-9-24(10-8-13)19-6-4-15(25(28)29)12-17(19)20(26)23-14-3-5-18(22)16(11-14)21(27)30-2/h3-6,11-13H,7-10H2,1-2H3,(H,23,26). The van der Waals surface area contributed by atoms with Crippen molar-refractivity contribution >= 4 is 40.5 Å². The van der Waals surface area contributed by atoms with E-state index in [0.717, 1.165) is 25.9 Å². The fourth-order valence-corrected chi connectivity index (χ4v) is 3.61. The second-order valence-corrected chi connectivity index (χ2v) is 7.68. The summed E-state index contributed by atoms with van der Waals surface area (Å²) in [7, 11) is 1.23. The number of nitro benzene ring substituents is 1. The summed E-state index contributed by atoms with van der Waals surface area (Å²) in [4.78, 5) is 37.7. The minimum Gasteiger partial charge on any atom is -0.465 e. The fourth-order valence-electron chi connectivity index (χ4n) is 3.41.